The van der Waals surface area contributed by atoms with Crippen LogP contribution in [0, 0.1) is 0 Å². The molecule has 0 N–H and O–H groups in total. The van der Waals surface area contributed by atoms with E-state index >= 15 is 0 Å². The van der Waals surface area contributed by atoms with E-state index in [2.05, 4.69) is 54.6 Å². The molecule has 0 heterocycles. The molecule has 4 rings (SSSR count). The number of hydrogen-bond acceptors (Lipinski definition) is 3. The van der Waals surface area contributed by atoms with E-state index < -0.39 is 0 Å². The molecule has 0 radical (unpaired) electrons. The monoisotopic (exact) mass is 410 g/mol. The molecule has 3 aromatic rings. The number of carbonyl (C=O) groups is 1. The van der Waals surface area contributed by atoms with E-state index in [1.54, 1.807) is 20.1 Å². The molecular formula is C28H26O3. The predicted octanol–water partition coefficient (Wildman–Crippen LogP) is 6.18. The minimum atomic E-state index is -0.323. The van der Waals surface area contributed by atoms with Gasteiger partial charge < -0.3 is 9.47 Å². The largest absolute Gasteiger partial charge is 0.497 e. The highest BCUT2D eigenvalue weighted by molar-refractivity contribution is 6.01. The third kappa shape index (κ3) is 4.61. The van der Waals surface area contributed by atoms with Gasteiger partial charge in [0, 0.05) is 6.08 Å². The molecule has 0 saturated heterocycles. The van der Waals surface area contributed by atoms with E-state index in [4.69, 9.17) is 9.47 Å². The van der Waals surface area contributed by atoms with Crippen molar-refractivity contribution in [3.63, 3.8) is 0 Å². The van der Waals surface area contributed by atoms with Crippen LogP contribution in [0.2, 0.25) is 0 Å². The highest BCUT2D eigenvalue weighted by Crippen LogP contribution is 2.41. The molecule has 31 heavy (non-hydrogen) atoms. The quantitative estimate of drug-likeness (QED) is 0.360. The number of carbonyl (C=O) groups excluding carboxylic acids is 1. The minimum absolute atomic E-state index is 0.323. The van der Waals surface area contributed by atoms with Gasteiger partial charge in [0.25, 0.3) is 0 Å². The van der Waals surface area contributed by atoms with Crippen molar-refractivity contribution in [2.45, 2.75) is 19.8 Å². The first kappa shape index (κ1) is 20.7. The van der Waals surface area contributed by atoms with Gasteiger partial charge in [-0.2, -0.15) is 0 Å². The molecule has 0 saturated carbocycles. The highest BCUT2D eigenvalue weighted by Gasteiger charge is 2.22. The average molecular weight is 411 g/mol. The smallest absolute Gasteiger partial charge is 0.330 e. The molecular weight excluding hydrogens is 384 g/mol. The Morgan fingerprint density at radius 3 is 2.42 bits per heavy atom. The number of esters is 1. The third-order valence-electron chi connectivity index (χ3n) is 5.55. The van der Waals surface area contributed by atoms with Gasteiger partial charge in [-0.05, 0) is 76.9 Å². The van der Waals surface area contributed by atoms with Crippen molar-refractivity contribution in [3.8, 4) is 5.75 Å². The summed E-state index contributed by atoms with van der Waals surface area (Å²) in [7, 11) is 1.71. The number of benzene rings is 3. The summed E-state index contributed by atoms with van der Waals surface area (Å²) in [5.41, 5.74) is 8.55. The standard InChI is InChI=1S/C28H26O3/c1-3-31-27(29)18-11-20-9-12-22(13-10-20)28-25(21-7-5-4-6-8-21)16-14-23-19-24(30-2)15-17-26(23)28/h4-13,15,17-19H,3,14,16H2,1-2H3. The van der Waals surface area contributed by atoms with Crippen LogP contribution >= 0.6 is 0 Å². The van der Waals surface area contributed by atoms with Crippen LogP contribution in [0.15, 0.2) is 78.9 Å². The minimum Gasteiger partial charge on any atom is -0.497 e. The Morgan fingerprint density at radius 2 is 1.71 bits per heavy atom. The zero-order valence-electron chi connectivity index (χ0n) is 17.9. The molecule has 0 aliphatic heterocycles. The van der Waals surface area contributed by atoms with E-state index in [1.165, 1.54) is 39.5 Å². The lowest BCUT2D eigenvalue weighted by atomic mass is 9.79. The van der Waals surface area contributed by atoms with Gasteiger partial charge in [-0.3, -0.25) is 0 Å². The molecule has 156 valence electrons. The lowest BCUT2D eigenvalue weighted by Crippen LogP contribution is -2.06. The lowest BCUT2D eigenvalue weighted by Gasteiger charge is -2.25. The molecule has 0 bridgehead atoms. The van der Waals surface area contributed by atoms with Crippen LogP contribution < -0.4 is 4.74 Å². The van der Waals surface area contributed by atoms with Crippen LogP contribution in [0.1, 0.15) is 41.2 Å². The summed E-state index contributed by atoms with van der Waals surface area (Å²) in [4.78, 5) is 11.6. The topological polar surface area (TPSA) is 35.5 Å². The van der Waals surface area contributed by atoms with Gasteiger partial charge >= 0.3 is 5.97 Å². The molecule has 1 aliphatic rings. The number of allylic oxidation sites excluding steroid dienone is 1. The van der Waals surface area contributed by atoms with Crippen molar-refractivity contribution in [2.75, 3.05) is 13.7 Å². The highest BCUT2D eigenvalue weighted by atomic mass is 16.5. The average Bonchev–Trinajstić information content (AvgIpc) is 2.83. The maximum absolute atomic E-state index is 11.6. The van der Waals surface area contributed by atoms with Gasteiger partial charge in [-0.1, -0.05) is 60.7 Å². The van der Waals surface area contributed by atoms with Gasteiger partial charge in [0.1, 0.15) is 5.75 Å². The number of hydrogen-bond donors (Lipinski definition) is 0. The van der Waals surface area contributed by atoms with E-state index in [0.29, 0.717) is 6.61 Å². The van der Waals surface area contributed by atoms with Crippen LogP contribution in [0.5, 0.6) is 5.75 Å². The summed E-state index contributed by atoms with van der Waals surface area (Å²) < 4.78 is 10.4. The summed E-state index contributed by atoms with van der Waals surface area (Å²) >= 11 is 0. The van der Waals surface area contributed by atoms with E-state index in [9.17, 15) is 4.79 Å². The van der Waals surface area contributed by atoms with E-state index in [-0.39, 0.29) is 5.97 Å². The zero-order chi connectivity index (χ0) is 21.6. The lowest BCUT2D eigenvalue weighted by molar-refractivity contribution is -0.137. The number of fused-ring (bicyclic) bond motifs is 1. The first-order valence-electron chi connectivity index (χ1n) is 10.6. The van der Waals surface area contributed by atoms with Gasteiger partial charge in [0.15, 0.2) is 0 Å². The summed E-state index contributed by atoms with van der Waals surface area (Å²) in [6.45, 7) is 2.18. The number of rotatable bonds is 6. The third-order valence-corrected chi connectivity index (χ3v) is 5.55. The van der Waals surface area contributed by atoms with Crippen molar-refractivity contribution < 1.29 is 14.3 Å². The second-order valence-electron chi connectivity index (χ2n) is 7.45. The van der Waals surface area contributed by atoms with Crippen LogP contribution in [0.4, 0.5) is 0 Å². The fourth-order valence-corrected chi connectivity index (χ4v) is 4.07. The molecule has 3 nitrogen and oxygen atoms in total. The summed E-state index contributed by atoms with van der Waals surface area (Å²) in [5, 5.41) is 0. The molecule has 1 aliphatic carbocycles. The Labute approximate surface area is 183 Å². The van der Waals surface area contributed by atoms with Crippen LogP contribution in [-0.2, 0) is 16.0 Å². The number of methoxy groups -OCH3 is 1. The maximum Gasteiger partial charge on any atom is 0.330 e. The van der Waals surface area contributed by atoms with Crippen LogP contribution in [-0.4, -0.2) is 19.7 Å². The van der Waals surface area contributed by atoms with Crippen molar-refractivity contribution in [2.24, 2.45) is 0 Å². The SMILES string of the molecule is CCOC(=O)C=Cc1ccc(C2=C(c3ccccc3)CCc3cc(OC)ccc32)cc1. The fourth-order valence-electron chi connectivity index (χ4n) is 4.07. The molecule has 0 amide bonds. The maximum atomic E-state index is 11.6. The Morgan fingerprint density at radius 1 is 0.935 bits per heavy atom. The van der Waals surface area contributed by atoms with E-state index in [1.807, 2.05) is 18.2 Å². The summed E-state index contributed by atoms with van der Waals surface area (Å²) in [6, 6.07) is 25.3. The summed E-state index contributed by atoms with van der Waals surface area (Å²) in [5.74, 6) is 0.566. The first-order chi connectivity index (χ1) is 15.2. The van der Waals surface area contributed by atoms with Crippen molar-refractivity contribution in [3.05, 3.63) is 107 Å². The second kappa shape index (κ2) is 9.48. The molecule has 0 fully saturated rings. The molecule has 3 heteroatoms. The van der Waals surface area contributed by atoms with Gasteiger partial charge in [0.05, 0.1) is 13.7 Å². The summed E-state index contributed by atoms with van der Waals surface area (Å²) in [6.07, 6.45) is 5.22. The Hall–Kier alpha value is -3.59. The number of aryl methyl sites for hydroxylation is 1. The van der Waals surface area contributed by atoms with Crippen molar-refractivity contribution >= 4 is 23.2 Å². The van der Waals surface area contributed by atoms with E-state index in [0.717, 1.165) is 24.2 Å². The molecule has 0 atom stereocenters. The fraction of sp³-hybridized carbons (Fsp3) is 0.179. The van der Waals surface area contributed by atoms with Crippen LogP contribution in [0.25, 0.3) is 17.2 Å². The predicted molar refractivity (Wildman–Crippen MR) is 126 cm³/mol. The molecule has 0 unspecified atom stereocenters. The molecule has 3 aromatic carbocycles. The Kier molecular flexibility index (Phi) is 6.32. The normalized spacial score (nSPS) is 13.2. The van der Waals surface area contributed by atoms with Crippen molar-refractivity contribution in [1.29, 1.82) is 0 Å². The van der Waals surface area contributed by atoms with Gasteiger partial charge in [0.2, 0.25) is 0 Å². The van der Waals surface area contributed by atoms with Gasteiger partial charge in [-0.15, -0.1) is 0 Å². The van der Waals surface area contributed by atoms with Gasteiger partial charge in [-0.25, -0.2) is 4.79 Å². The molecule has 0 aromatic heterocycles. The number of ether oxygens (including phenoxy) is 2. The first-order valence-corrected chi connectivity index (χ1v) is 10.6. The molecule has 0 spiro atoms. The zero-order valence-corrected chi connectivity index (χ0v) is 17.9. The second-order valence-corrected chi connectivity index (χ2v) is 7.45. The van der Waals surface area contributed by atoms with Crippen LogP contribution in [0.3, 0.4) is 0 Å². The van der Waals surface area contributed by atoms with Crippen molar-refractivity contribution in [1.82, 2.24) is 0 Å². The Bertz CT molecular complexity index is 1120. The Balaban J connectivity index is 1.77.